The molecule has 9 nitrogen and oxygen atoms in total. The highest BCUT2D eigenvalue weighted by molar-refractivity contribution is 7.90. The van der Waals surface area contributed by atoms with Gasteiger partial charge in [-0.25, -0.2) is 17.3 Å². The van der Waals surface area contributed by atoms with Crippen LogP contribution in [0.3, 0.4) is 0 Å². The number of rotatable bonds is 7. The molecule has 2 N–H and O–H groups in total. The molecule has 38 heavy (non-hydrogen) atoms. The lowest BCUT2D eigenvalue weighted by Crippen LogP contribution is -2.49. The Hall–Kier alpha value is -4.04. The van der Waals surface area contributed by atoms with E-state index in [1.807, 2.05) is 18.2 Å². The first-order valence-corrected chi connectivity index (χ1v) is 13.9. The molecule has 3 aromatic rings. The summed E-state index contributed by atoms with van der Waals surface area (Å²) in [5, 5.41) is 11.0. The lowest BCUT2D eigenvalue weighted by Gasteiger charge is -2.35. The number of pyridine rings is 1. The van der Waals surface area contributed by atoms with Crippen LogP contribution in [0.2, 0.25) is 0 Å². The van der Waals surface area contributed by atoms with Crippen LogP contribution in [0, 0.1) is 11.8 Å². The third-order valence-electron chi connectivity index (χ3n) is 6.39. The third kappa shape index (κ3) is 5.75. The minimum Gasteiger partial charge on any atom is -0.495 e. The molecule has 1 aliphatic heterocycles. The number of hydrogen-bond donors (Lipinski definition) is 2. The van der Waals surface area contributed by atoms with Gasteiger partial charge in [0.1, 0.15) is 23.4 Å². The number of piperidine rings is 1. The summed E-state index contributed by atoms with van der Waals surface area (Å²) in [5.41, 5.74) is 2.64. The van der Waals surface area contributed by atoms with E-state index in [-0.39, 0.29) is 23.9 Å². The van der Waals surface area contributed by atoms with Crippen LogP contribution in [-0.2, 0) is 14.6 Å². The fourth-order valence-corrected chi connectivity index (χ4v) is 4.99. The molecular weight excluding hydrogens is 509 g/mol. The maximum atomic E-state index is 14.8. The second-order valence-electron chi connectivity index (χ2n) is 8.98. The number of ether oxygens (including phenoxy) is 1. The van der Waals surface area contributed by atoms with Crippen LogP contribution in [0.1, 0.15) is 24.6 Å². The molecule has 0 spiro atoms. The number of sulfone groups is 1. The first-order valence-electron chi connectivity index (χ1n) is 12.0. The Morgan fingerprint density at radius 2 is 2.13 bits per heavy atom. The zero-order valence-electron chi connectivity index (χ0n) is 21.5. The van der Waals surface area contributed by atoms with Crippen molar-refractivity contribution >= 4 is 38.8 Å². The van der Waals surface area contributed by atoms with Crippen molar-refractivity contribution in [3.05, 3.63) is 54.2 Å². The molecule has 1 aliphatic rings. The van der Waals surface area contributed by atoms with Gasteiger partial charge in [0.2, 0.25) is 5.91 Å². The van der Waals surface area contributed by atoms with E-state index in [0.29, 0.717) is 35.9 Å². The monoisotopic (exact) mass is 539 g/mol. The average Bonchev–Trinajstić information content (AvgIpc) is 3.25. The number of carbonyl (C=O) groups is 1. The number of benzene rings is 1. The molecule has 4 rings (SSSR count). The number of fused-ring (bicyclic) bond motifs is 1. The molecule has 1 saturated heterocycles. The Labute approximate surface area is 221 Å². The van der Waals surface area contributed by atoms with Gasteiger partial charge in [-0.2, -0.15) is 5.10 Å². The largest absolute Gasteiger partial charge is 0.495 e. The van der Waals surface area contributed by atoms with Gasteiger partial charge in [-0.3, -0.25) is 4.79 Å². The number of halogens is 1. The van der Waals surface area contributed by atoms with Crippen molar-refractivity contribution in [1.82, 2.24) is 14.5 Å². The second kappa shape index (κ2) is 11.1. The van der Waals surface area contributed by atoms with Crippen LogP contribution in [0.4, 0.5) is 15.9 Å². The molecule has 200 valence electrons. The minimum atomic E-state index is -3.35. The zero-order chi connectivity index (χ0) is 27.4. The molecule has 1 amide bonds. The van der Waals surface area contributed by atoms with E-state index in [2.05, 4.69) is 34.2 Å². The molecule has 2 atom stereocenters. The molecule has 1 fully saturated rings. The van der Waals surface area contributed by atoms with Crippen molar-refractivity contribution in [2.75, 3.05) is 43.6 Å². The van der Waals surface area contributed by atoms with E-state index >= 15 is 0 Å². The first-order chi connectivity index (χ1) is 18.1. The lowest BCUT2D eigenvalue weighted by atomic mass is 10.0. The van der Waals surface area contributed by atoms with E-state index in [4.69, 9.17) is 4.74 Å². The molecule has 2 aromatic heterocycles. The number of methoxy groups -OCH3 is 1. The number of hydrogen-bond acceptors (Lipinski definition) is 7. The topological polar surface area (TPSA) is 105 Å². The lowest BCUT2D eigenvalue weighted by molar-refractivity contribution is -0.131. The van der Waals surface area contributed by atoms with Crippen molar-refractivity contribution in [3.8, 4) is 17.6 Å². The summed E-state index contributed by atoms with van der Waals surface area (Å²) in [6.07, 6.45) is 2.10. The summed E-state index contributed by atoms with van der Waals surface area (Å²) < 4.78 is 45.4. The molecule has 0 unspecified atom stereocenters. The molecule has 0 bridgehead atoms. The summed E-state index contributed by atoms with van der Waals surface area (Å²) in [5.74, 6) is 6.97. The second-order valence-corrected chi connectivity index (χ2v) is 11.0. The fraction of sp³-hybridized carbons (Fsp3) is 0.333. The maximum Gasteiger partial charge on any atom is 0.219 e. The van der Waals surface area contributed by atoms with Crippen LogP contribution in [0.25, 0.3) is 11.6 Å². The smallest absolute Gasteiger partial charge is 0.219 e. The average molecular weight is 540 g/mol. The van der Waals surface area contributed by atoms with Crippen molar-refractivity contribution in [2.45, 2.75) is 30.5 Å². The van der Waals surface area contributed by atoms with Crippen LogP contribution >= 0.6 is 0 Å². The van der Waals surface area contributed by atoms with Gasteiger partial charge in [0.25, 0.3) is 0 Å². The van der Waals surface area contributed by atoms with Gasteiger partial charge >= 0.3 is 0 Å². The molecule has 1 aromatic carbocycles. The van der Waals surface area contributed by atoms with Gasteiger partial charge < -0.3 is 20.3 Å². The normalized spacial score (nSPS) is 17.4. The van der Waals surface area contributed by atoms with Crippen LogP contribution in [0.15, 0.2) is 47.9 Å². The van der Waals surface area contributed by atoms with Crippen molar-refractivity contribution in [3.63, 3.8) is 0 Å². The number of anilines is 2. The van der Waals surface area contributed by atoms with Gasteiger partial charge in [-0.05, 0) is 36.6 Å². The van der Waals surface area contributed by atoms with E-state index < -0.39 is 22.1 Å². The maximum absolute atomic E-state index is 14.8. The number of alkyl halides is 1. The molecule has 0 aliphatic carbocycles. The van der Waals surface area contributed by atoms with Crippen molar-refractivity contribution in [2.24, 2.45) is 0 Å². The van der Waals surface area contributed by atoms with Crippen LogP contribution < -0.4 is 15.4 Å². The van der Waals surface area contributed by atoms with E-state index in [9.17, 15) is 17.6 Å². The highest BCUT2D eigenvalue weighted by Gasteiger charge is 2.30. The number of nitrogens with zero attached hydrogens (tertiary/aromatic N) is 3. The quantitative estimate of drug-likeness (QED) is 0.444. The third-order valence-corrected chi connectivity index (χ3v) is 7.51. The zero-order valence-corrected chi connectivity index (χ0v) is 22.3. The summed E-state index contributed by atoms with van der Waals surface area (Å²) in [7, 11) is -1.89. The van der Waals surface area contributed by atoms with Gasteiger partial charge in [0.15, 0.2) is 9.84 Å². The Morgan fingerprint density at radius 3 is 2.79 bits per heavy atom. The molecule has 11 heteroatoms. The predicted molar refractivity (Wildman–Crippen MR) is 146 cm³/mol. The number of likely N-dealkylation sites (tertiary alicyclic amines) is 1. The highest BCUT2D eigenvalue weighted by Crippen LogP contribution is 2.27. The van der Waals surface area contributed by atoms with E-state index in [0.717, 1.165) is 17.3 Å². The molecule has 0 saturated carbocycles. The van der Waals surface area contributed by atoms with Crippen molar-refractivity contribution in [1.29, 1.82) is 0 Å². The van der Waals surface area contributed by atoms with Gasteiger partial charge in [-0.15, -0.1) is 0 Å². The fourth-order valence-electron chi connectivity index (χ4n) is 4.35. The van der Waals surface area contributed by atoms with Gasteiger partial charge in [0.05, 0.1) is 42.3 Å². The van der Waals surface area contributed by atoms with Crippen molar-refractivity contribution < 1.29 is 22.3 Å². The first kappa shape index (κ1) is 27.0. The predicted octanol–water partition coefficient (Wildman–Crippen LogP) is 3.22. The standard InChI is InChI=1S/C27H30FN5O4S/c1-5-20-22(8-7-14-29-24-12-11-19(38(4,35)36)16-26(24)37-3)31-33-25(20)9-6-10-27(33)30-23-13-15-32(18(2)34)17-21(23)28/h5-6,9-12,16,21,23,29-30H,1,13-15,17H2,2-4H3/t21-,23+/m0/s1. The van der Waals surface area contributed by atoms with E-state index in [1.54, 1.807) is 16.7 Å². The van der Waals surface area contributed by atoms with Gasteiger partial charge in [-0.1, -0.05) is 24.6 Å². The Kier molecular flexibility index (Phi) is 7.92. The van der Waals surface area contributed by atoms with Crippen LogP contribution in [0.5, 0.6) is 5.75 Å². The Morgan fingerprint density at radius 1 is 1.34 bits per heavy atom. The number of nitrogens with one attached hydrogen (secondary N) is 2. The van der Waals surface area contributed by atoms with Crippen LogP contribution in [-0.4, -0.2) is 74.1 Å². The molecule has 3 heterocycles. The molecular formula is C27H30FN5O4S. The Balaban J connectivity index is 1.52. The Bertz CT molecular complexity index is 1540. The number of carbonyl (C=O) groups excluding carboxylic acids is 1. The number of amides is 1. The van der Waals surface area contributed by atoms with E-state index in [1.165, 1.54) is 31.1 Å². The highest BCUT2D eigenvalue weighted by atomic mass is 32.2. The minimum absolute atomic E-state index is 0.0610. The molecule has 0 radical (unpaired) electrons. The number of aromatic nitrogens is 2. The summed E-state index contributed by atoms with van der Waals surface area (Å²) in [6.45, 7) is 6.16. The summed E-state index contributed by atoms with van der Waals surface area (Å²) in [4.78, 5) is 13.3. The summed E-state index contributed by atoms with van der Waals surface area (Å²) in [6, 6.07) is 9.72. The SMILES string of the molecule is C=Cc1c(C#CCNc2ccc(S(C)(=O)=O)cc2OC)nn2c(N[C@@H]3CCN(C(C)=O)C[C@@H]3F)cccc12. The van der Waals surface area contributed by atoms with Gasteiger partial charge in [0, 0.05) is 31.4 Å². The summed E-state index contributed by atoms with van der Waals surface area (Å²) >= 11 is 0.